The molecule has 1 fully saturated rings. The Morgan fingerprint density at radius 1 is 0.600 bits per heavy atom. The summed E-state index contributed by atoms with van der Waals surface area (Å²) >= 11 is 0. The maximum atomic E-state index is 12.5. The molecule has 0 aromatic heterocycles. The third kappa shape index (κ3) is 6.90. The van der Waals surface area contributed by atoms with Crippen LogP contribution in [0.5, 0.6) is 0 Å². The fourth-order valence-electron chi connectivity index (χ4n) is 4.07. The van der Waals surface area contributed by atoms with E-state index in [9.17, 15) is 30.0 Å². The van der Waals surface area contributed by atoms with Crippen LogP contribution >= 0.6 is 0 Å². The fourth-order valence-corrected chi connectivity index (χ4v) is 4.07. The first-order chi connectivity index (χ1) is 14.2. The Labute approximate surface area is 179 Å². The summed E-state index contributed by atoms with van der Waals surface area (Å²) in [5, 5.41) is 41.8. The number of carbonyl (C=O) groups excluding carboxylic acids is 2. The highest BCUT2D eigenvalue weighted by Crippen LogP contribution is 2.29. The topological polar surface area (TPSA) is 134 Å². The number of rotatable bonds is 12. The molecule has 8 heteroatoms. The molecular formula is C22H40O8. The van der Waals surface area contributed by atoms with Crippen molar-refractivity contribution in [3.63, 3.8) is 0 Å². The monoisotopic (exact) mass is 432 g/mol. The Hall–Kier alpha value is -1.22. The van der Waals surface area contributed by atoms with Crippen molar-refractivity contribution in [1.29, 1.82) is 0 Å². The van der Waals surface area contributed by atoms with Gasteiger partial charge in [0.25, 0.3) is 0 Å². The number of aliphatic hydroxyl groups is 4. The second kappa shape index (κ2) is 13.2. The van der Waals surface area contributed by atoms with Crippen molar-refractivity contribution in [2.45, 2.75) is 116 Å². The van der Waals surface area contributed by atoms with E-state index in [4.69, 9.17) is 9.47 Å². The second-order valence-corrected chi connectivity index (χ2v) is 8.31. The van der Waals surface area contributed by atoms with Crippen molar-refractivity contribution in [2.24, 2.45) is 11.8 Å². The molecule has 0 bridgehead atoms. The fraction of sp³-hybridized carbons (Fsp3) is 0.909. The molecule has 0 amide bonds. The van der Waals surface area contributed by atoms with Gasteiger partial charge in [-0.1, -0.05) is 53.4 Å². The Kier molecular flexibility index (Phi) is 11.8. The lowest BCUT2D eigenvalue weighted by Crippen LogP contribution is -2.65. The minimum absolute atomic E-state index is 0.381. The summed E-state index contributed by atoms with van der Waals surface area (Å²) in [6.45, 7) is 7.77. The number of hydrogen-bond acceptors (Lipinski definition) is 8. The molecular weight excluding hydrogens is 392 g/mol. The van der Waals surface area contributed by atoms with Gasteiger partial charge in [0.2, 0.25) is 0 Å². The first kappa shape index (κ1) is 26.8. The van der Waals surface area contributed by atoms with Crippen LogP contribution in [0.1, 0.15) is 79.1 Å². The van der Waals surface area contributed by atoms with Crippen molar-refractivity contribution in [3.05, 3.63) is 0 Å². The highest BCUT2D eigenvalue weighted by atomic mass is 16.6. The lowest BCUT2D eigenvalue weighted by atomic mass is 9.84. The molecule has 1 rings (SSSR count). The zero-order chi connectivity index (χ0) is 22.8. The maximum Gasteiger partial charge on any atom is 0.309 e. The summed E-state index contributed by atoms with van der Waals surface area (Å²) < 4.78 is 10.6. The zero-order valence-corrected chi connectivity index (χ0v) is 18.7. The highest BCUT2D eigenvalue weighted by Gasteiger charge is 2.53. The molecule has 8 nitrogen and oxygen atoms in total. The molecule has 4 N–H and O–H groups in total. The van der Waals surface area contributed by atoms with Crippen molar-refractivity contribution in [2.75, 3.05) is 0 Å². The number of carbonyl (C=O) groups is 2. The minimum atomic E-state index is -1.69. The lowest BCUT2D eigenvalue weighted by molar-refractivity contribution is -0.243. The van der Waals surface area contributed by atoms with Crippen LogP contribution < -0.4 is 0 Å². The van der Waals surface area contributed by atoms with E-state index in [1.165, 1.54) is 0 Å². The summed E-state index contributed by atoms with van der Waals surface area (Å²) in [6.07, 6.45) is -4.26. The van der Waals surface area contributed by atoms with Gasteiger partial charge in [-0.3, -0.25) is 9.59 Å². The largest absolute Gasteiger partial charge is 0.456 e. The SMILES string of the molecule is CCCC(CCC)C(=O)OC1[C@@H](O)[C@H](O)C(OC(=O)C(CCC)CCC)[C@H](O)[C@@H]1O. The molecule has 0 aromatic rings. The van der Waals surface area contributed by atoms with Gasteiger partial charge < -0.3 is 29.9 Å². The Balaban J connectivity index is 2.88. The van der Waals surface area contributed by atoms with Crippen LogP contribution in [0.4, 0.5) is 0 Å². The maximum absolute atomic E-state index is 12.5. The number of aliphatic hydroxyl groups excluding tert-OH is 4. The van der Waals surface area contributed by atoms with Crippen molar-refractivity contribution in [3.8, 4) is 0 Å². The van der Waals surface area contributed by atoms with Gasteiger partial charge in [0.1, 0.15) is 24.4 Å². The van der Waals surface area contributed by atoms with Gasteiger partial charge in [0, 0.05) is 0 Å². The third-order valence-electron chi connectivity index (χ3n) is 5.77. The lowest BCUT2D eigenvalue weighted by Gasteiger charge is -2.43. The van der Waals surface area contributed by atoms with Crippen LogP contribution in [0.15, 0.2) is 0 Å². The molecule has 1 aliphatic rings. The van der Waals surface area contributed by atoms with Crippen LogP contribution in [0.2, 0.25) is 0 Å². The summed E-state index contributed by atoms with van der Waals surface area (Å²) in [5.74, 6) is -1.92. The van der Waals surface area contributed by atoms with Gasteiger partial charge >= 0.3 is 11.9 Å². The van der Waals surface area contributed by atoms with Crippen molar-refractivity contribution >= 4 is 11.9 Å². The van der Waals surface area contributed by atoms with E-state index >= 15 is 0 Å². The first-order valence-corrected chi connectivity index (χ1v) is 11.4. The molecule has 0 aliphatic heterocycles. The molecule has 6 atom stereocenters. The van der Waals surface area contributed by atoms with Crippen LogP contribution in [-0.4, -0.2) is 69.0 Å². The average Bonchev–Trinajstić information content (AvgIpc) is 2.72. The minimum Gasteiger partial charge on any atom is -0.456 e. The number of esters is 2. The molecule has 0 heterocycles. The molecule has 2 unspecified atom stereocenters. The molecule has 0 aromatic carbocycles. The van der Waals surface area contributed by atoms with Gasteiger partial charge in [0.05, 0.1) is 11.8 Å². The van der Waals surface area contributed by atoms with Crippen LogP contribution in [0.25, 0.3) is 0 Å². The highest BCUT2D eigenvalue weighted by molar-refractivity contribution is 5.73. The summed E-state index contributed by atoms with van der Waals surface area (Å²) in [7, 11) is 0. The normalized spacial score (nSPS) is 29.3. The van der Waals surface area contributed by atoms with Crippen molar-refractivity contribution in [1.82, 2.24) is 0 Å². The predicted octanol–water partition coefficient (Wildman–Crippen LogP) is 1.70. The Bertz CT molecular complexity index is 451. The Morgan fingerprint density at radius 2 is 0.833 bits per heavy atom. The van der Waals surface area contributed by atoms with E-state index in [2.05, 4.69) is 0 Å². The standard InChI is InChI=1S/C22H40O8/c1-5-9-13(10-6-2)21(27)29-19-15(23)17(25)20(18(26)16(19)24)30-22(28)14(11-7-3)12-8-4/h13-20,23-26H,5-12H2,1-4H3/t15-,16-,17-,18+,19?,20?/m0/s1. The molecule has 0 spiro atoms. The molecule has 176 valence electrons. The quantitative estimate of drug-likeness (QED) is 0.343. The number of ether oxygens (including phenoxy) is 2. The predicted molar refractivity (Wildman–Crippen MR) is 110 cm³/mol. The average molecular weight is 433 g/mol. The molecule has 0 radical (unpaired) electrons. The zero-order valence-electron chi connectivity index (χ0n) is 18.7. The van der Waals surface area contributed by atoms with Crippen molar-refractivity contribution < 1.29 is 39.5 Å². The van der Waals surface area contributed by atoms with E-state index in [1.807, 2.05) is 27.7 Å². The Morgan fingerprint density at radius 3 is 1.03 bits per heavy atom. The third-order valence-corrected chi connectivity index (χ3v) is 5.77. The van der Waals surface area contributed by atoms with Gasteiger partial charge in [-0.05, 0) is 25.7 Å². The van der Waals surface area contributed by atoms with E-state index in [1.54, 1.807) is 0 Å². The van der Waals surface area contributed by atoms with Crippen LogP contribution in [0, 0.1) is 11.8 Å². The van der Waals surface area contributed by atoms with Gasteiger partial charge in [-0.15, -0.1) is 0 Å². The van der Waals surface area contributed by atoms with Gasteiger partial charge in [0.15, 0.2) is 12.2 Å². The second-order valence-electron chi connectivity index (χ2n) is 8.31. The molecule has 1 aliphatic carbocycles. The van der Waals surface area contributed by atoms with E-state index < -0.39 is 48.6 Å². The molecule has 1 saturated carbocycles. The van der Waals surface area contributed by atoms with Crippen LogP contribution in [0.3, 0.4) is 0 Å². The summed E-state index contributed by atoms with van der Waals surface area (Å²) in [6, 6.07) is 0. The van der Waals surface area contributed by atoms with Crippen LogP contribution in [-0.2, 0) is 19.1 Å². The van der Waals surface area contributed by atoms with E-state index in [-0.39, 0.29) is 11.8 Å². The summed E-state index contributed by atoms with van der Waals surface area (Å²) in [5.41, 5.74) is 0. The summed E-state index contributed by atoms with van der Waals surface area (Å²) in [4.78, 5) is 25.0. The molecule has 0 saturated heterocycles. The van der Waals surface area contributed by atoms with E-state index in [0.717, 1.165) is 25.7 Å². The smallest absolute Gasteiger partial charge is 0.309 e. The molecule has 30 heavy (non-hydrogen) atoms. The first-order valence-electron chi connectivity index (χ1n) is 11.4. The number of hydrogen-bond donors (Lipinski definition) is 4. The van der Waals surface area contributed by atoms with E-state index in [0.29, 0.717) is 25.7 Å². The van der Waals surface area contributed by atoms with Gasteiger partial charge in [-0.25, -0.2) is 0 Å². The van der Waals surface area contributed by atoms with Gasteiger partial charge in [-0.2, -0.15) is 0 Å².